The normalized spacial score (nSPS) is 10.4. The van der Waals surface area contributed by atoms with Gasteiger partial charge in [-0.2, -0.15) is 0 Å². The average molecular weight is 308 g/mol. The molecule has 0 unspecified atom stereocenters. The molecule has 7 heteroatoms. The van der Waals surface area contributed by atoms with Crippen molar-refractivity contribution in [3.05, 3.63) is 46.0 Å². The van der Waals surface area contributed by atoms with Gasteiger partial charge in [-0.25, -0.2) is 9.78 Å². The van der Waals surface area contributed by atoms with Crippen LogP contribution in [-0.4, -0.2) is 22.0 Å². The number of aryl methyl sites for hydroxylation is 1. The Labute approximate surface area is 123 Å². The number of aromatic nitrogens is 1. The molecule has 0 atom stereocenters. The highest BCUT2D eigenvalue weighted by molar-refractivity contribution is 8.00. The van der Waals surface area contributed by atoms with Gasteiger partial charge in [0, 0.05) is 11.3 Å². The SMILES string of the molecule is Cc1nc(SCc2ccc(C(N)=O)cc2)sc1C(=O)O. The number of aromatic carboxylic acids is 1. The summed E-state index contributed by atoms with van der Waals surface area (Å²) in [5, 5.41) is 8.96. The smallest absolute Gasteiger partial charge is 0.347 e. The Morgan fingerprint density at radius 3 is 2.50 bits per heavy atom. The van der Waals surface area contributed by atoms with Crippen molar-refractivity contribution in [3.8, 4) is 0 Å². The Bertz CT molecular complexity index is 650. The maximum atomic E-state index is 10.9. The number of benzene rings is 1. The van der Waals surface area contributed by atoms with Crippen LogP contribution in [0.2, 0.25) is 0 Å². The Morgan fingerprint density at radius 2 is 2.00 bits per heavy atom. The molecule has 0 fully saturated rings. The van der Waals surface area contributed by atoms with E-state index >= 15 is 0 Å². The number of thioether (sulfide) groups is 1. The molecule has 0 saturated heterocycles. The van der Waals surface area contributed by atoms with Crippen molar-refractivity contribution in [1.29, 1.82) is 0 Å². The molecule has 1 aromatic carbocycles. The third-order valence-corrected chi connectivity index (χ3v) is 4.93. The van der Waals surface area contributed by atoms with Gasteiger partial charge in [0.2, 0.25) is 5.91 Å². The summed E-state index contributed by atoms with van der Waals surface area (Å²) in [5.74, 6) is -0.742. The van der Waals surface area contributed by atoms with Crippen LogP contribution in [0.15, 0.2) is 28.6 Å². The molecule has 3 N–H and O–H groups in total. The van der Waals surface area contributed by atoms with Crippen molar-refractivity contribution in [3.63, 3.8) is 0 Å². The van der Waals surface area contributed by atoms with Gasteiger partial charge in [0.1, 0.15) is 4.88 Å². The minimum Gasteiger partial charge on any atom is -0.477 e. The quantitative estimate of drug-likeness (QED) is 0.828. The fraction of sp³-hybridized carbons (Fsp3) is 0.154. The summed E-state index contributed by atoms with van der Waals surface area (Å²) >= 11 is 2.64. The molecule has 2 aromatic rings. The van der Waals surface area contributed by atoms with Gasteiger partial charge in [-0.15, -0.1) is 11.3 Å². The lowest BCUT2D eigenvalue weighted by Crippen LogP contribution is -2.10. The van der Waals surface area contributed by atoms with E-state index in [4.69, 9.17) is 10.8 Å². The summed E-state index contributed by atoms with van der Waals surface area (Å²) in [5.41, 5.74) is 7.19. The standard InChI is InChI=1S/C13H12N2O3S2/c1-7-10(12(17)18)20-13(15-7)19-6-8-2-4-9(5-3-8)11(14)16/h2-5H,6H2,1H3,(H2,14,16)(H,17,18). The summed E-state index contributed by atoms with van der Waals surface area (Å²) in [6.45, 7) is 1.69. The molecule has 0 aliphatic rings. The first kappa shape index (κ1) is 14.5. The van der Waals surface area contributed by atoms with Crippen LogP contribution >= 0.6 is 23.1 Å². The minimum atomic E-state index is -0.947. The molecule has 1 amide bonds. The second-order valence-corrected chi connectivity index (χ2v) is 6.27. The molecule has 0 spiro atoms. The first-order valence-electron chi connectivity index (χ1n) is 5.69. The summed E-state index contributed by atoms with van der Waals surface area (Å²) < 4.78 is 0.721. The molecule has 0 radical (unpaired) electrons. The van der Waals surface area contributed by atoms with Crippen LogP contribution in [0.5, 0.6) is 0 Å². The number of nitrogens with zero attached hydrogens (tertiary/aromatic N) is 1. The Hall–Kier alpha value is -1.86. The zero-order valence-electron chi connectivity index (χ0n) is 10.6. The molecule has 0 saturated carbocycles. The number of hydrogen-bond donors (Lipinski definition) is 2. The molecular weight excluding hydrogens is 296 g/mol. The maximum Gasteiger partial charge on any atom is 0.347 e. The van der Waals surface area contributed by atoms with E-state index < -0.39 is 11.9 Å². The molecule has 1 aromatic heterocycles. The van der Waals surface area contributed by atoms with Gasteiger partial charge < -0.3 is 10.8 Å². The topological polar surface area (TPSA) is 93.3 Å². The number of thiazole rings is 1. The van der Waals surface area contributed by atoms with Crippen molar-refractivity contribution < 1.29 is 14.7 Å². The van der Waals surface area contributed by atoms with E-state index in [0.717, 1.165) is 9.90 Å². The van der Waals surface area contributed by atoms with Gasteiger partial charge >= 0.3 is 5.97 Å². The number of carbonyl (C=O) groups is 2. The third-order valence-electron chi connectivity index (χ3n) is 2.57. The number of rotatable bonds is 5. The lowest BCUT2D eigenvalue weighted by Gasteiger charge is -2.00. The summed E-state index contributed by atoms with van der Waals surface area (Å²) in [4.78, 5) is 26.4. The average Bonchev–Trinajstić information content (AvgIpc) is 2.78. The van der Waals surface area contributed by atoms with E-state index in [0.29, 0.717) is 17.0 Å². The maximum absolute atomic E-state index is 10.9. The van der Waals surface area contributed by atoms with Gasteiger partial charge in [0.25, 0.3) is 0 Å². The number of carboxylic acid groups (broad SMARTS) is 1. The van der Waals surface area contributed by atoms with E-state index in [-0.39, 0.29) is 4.88 Å². The van der Waals surface area contributed by atoms with Crippen LogP contribution < -0.4 is 5.73 Å². The van der Waals surface area contributed by atoms with Gasteiger partial charge in [-0.1, -0.05) is 23.9 Å². The van der Waals surface area contributed by atoms with E-state index in [1.165, 1.54) is 23.1 Å². The van der Waals surface area contributed by atoms with Crippen LogP contribution in [0.1, 0.15) is 31.3 Å². The third kappa shape index (κ3) is 3.37. The summed E-state index contributed by atoms with van der Waals surface area (Å²) in [6.07, 6.45) is 0. The highest BCUT2D eigenvalue weighted by atomic mass is 32.2. The van der Waals surface area contributed by atoms with Crippen molar-refractivity contribution in [2.75, 3.05) is 0 Å². The van der Waals surface area contributed by atoms with Crippen molar-refractivity contribution in [2.24, 2.45) is 5.73 Å². The fourth-order valence-electron chi connectivity index (χ4n) is 1.54. The second-order valence-electron chi connectivity index (χ2n) is 4.05. The lowest BCUT2D eigenvalue weighted by atomic mass is 10.1. The van der Waals surface area contributed by atoms with E-state index in [9.17, 15) is 9.59 Å². The zero-order chi connectivity index (χ0) is 14.7. The second kappa shape index (κ2) is 6.06. The largest absolute Gasteiger partial charge is 0.477 e. The van der Waals surface area contributed by atoms with Crippen LogP contribution in [0.3, 0.4) is 0 Å². The van der Waals surface area contributed by atoms with E-state index in [1.807, 2.05) is 12.1 Å². The number of primary amides is 1. The zero-order valence-corrected chi connectivity index (χ0v) is 12.3. The minimum absolute atomic E-state index is 0.275. The predicted molar refractivity (Wildman–Crippen MR) is 78.3 cm³/mol. The fourth-order valence-corrected chi connectivity index (χ4v) is 3.53. The lowest BCUT2D eigenvalue weighted by molar-refractivity contribution is 0.0701. The van der Waals surface area contributed by atoms with E-state index in [1.54, 1.807) is 19.1 Å². The van der Waals surface area contributed by atoms with Crippen LogP contribution in [0.4, 0.5) is 0 Å². The highest BCUT2D eigenvalue weighted by Crippen LogP contribution is 2.29. The van der Waals surface area contributed by atoms with Crippen LogP contribution in [0.25, 0.3) is 0 Å². The molecule has 20 heavy (non-hydrogen) atoms. The Morgan fingerprint density at radius 1 is 1.35 bits per heavy atom. The number of nitrogens with two attached hydrogens (primary N) is 1. The number of carbonyl (C=O) groups excluding carboxylic acids is 1. The molecule has 1 heterocycles. The molecule has 104 valence electrons. The molecule has 0 aliphatic carbocycles. The van der Waals surface area contributed by atoms with Crippen molar-refractivity contribution >= 4 is 35.0 Å². The Kier molecular flexibility index (Phi) is 4.41. The van der Waals surface area contributed by atoms with Gasteiger partial charge in [-0.05, 0) is 24.6 Å². The number of carboxylic acids is 1. The Balaban J connectivity index is 2.03. The van der Waals surface area contributed by atoms with Crippen LogP contribution in [-0.2, 0) is 5.75 Å². The molecule has 0 aliphatic heterocycles. The first-order valence-corrected chi connectivity index (χ1v) is 7.50. The summed E-state index contributed by atoms with van der Waals surface area (Å²) in [7, 11) is 0. The van der Waals surface area contributed by atoms with Gasteiger partial charge in [0.05, 0.1) is 5.69 Å². The highest BCUT2D eigenvalue weighted by Gasteiger charge is 2.14. The number of hydrogen-bond acceptors (Lipinski definition) is 5. The predicted octanol–water partition coefficient (Wildman–Crippen LogP) is 2.54. The monoisotopic (exact) mass is 308 g/mol. The van der Waals surface area contributed by atoms with Crippen molar-refractivity contribution in [2.45, 2.75) is 17.0 Å². The molecule has 0 bridgehead atoms. The number of amides is 1. The van der Waals surface area contributed by atoms with Gasteiger partial charge in [0.15, 0.2) is 4.34 Å². The molecule has 5 nitrogen and oxygen atoms in total. The molecular formula is C13H12N2O3S2. The summed E-state index contributed by atoms with van der Waals surface area (Å²) in [6, 6.07) is 7.00. The van der Waals surface area contributed by atoms with Gasteiger partial charge in [-0.3, -0.25) is 4.79 Å². The van der Waals surface area contributed by atoms with E-state index in [2.05, 4.69) is 4.98 Å². The van der Waals surface area contributed by atoms with Crippen LogP contribution in [0, 0.1) is 6.92 Å². The first-order chi connectivity index (χ1) is 9.47. The van der Waals surface area contributed by atoms with Crippen molar-refractivity contribution in [1.82, 2.24) is 4.98 Å². The molecule has 2 rings (SSSR count).